The Morgan fingerprint density at radius 3 is 2.75 bits per heavy atom. The lowest BCUT2D eigenvalue weighted by atomic mass is 10.1. The van der Waals surface area contributed by atoms with Crippen LogP contribution in [0.3, 0.4) is 0 Å². The normalized spacial score (nSPS) is 17.4. The predicted molar refractivity (Wildman–Crippen MR) is 76.6 cm³/mol. The molecule has 1 aromatic rings. The summed E-state index contributed by atoms with van der Waals surface area (Å²) in [7, 11) is 3.32. The van der Waals surface area contributed by atoms with Gasteiger partial charge in [0.05, 0.1) is 5.69 Å². The van der Waals surface area contributed by atoms with Crippen molar-refractivity contribution in [1.29, 1.82) is 0 Å². The number of rotatable bonds is 3. The number of nitrogens with two attached hydrogens (primary N) is 1. The number of ether oxygens (including phenoxy) is 1. The minimum atomic E-state index is -0.570. The largest absolute Gasteiger partial charge is 0.478 e. The zero-order valence-electron chi connectivity index (χ0n) is 11.9. The van der Waals surface area contributed by atoms with Crippen molar-refractivity contribution in [3.05, 3.63) is 18.2 Å². The number of anilines is 2. The highest BCUT2D eigenvalue weighted by Crippen LogP contribution is 2.36. The standard InChI is InChI=1S/C14H19N3O3/c1-4-11-14(19)17(8-13(18)16(2)3)10-6-5-9(15)7-12(10)20-11/h5-7,11H,4,8,15H2,1-3H3. The molecule has 0 aromatic heterocycles. The third-order valence-corrected chi connectivity index (χ3v) is 3.25. The number of benzene rings is 1. The molecule has 1 unspecified atom stereocenters. The second-order valence-electron chi connectivity index (χ2n) is 4.95. The molecule has 6 heteroatoms. The Morgan fingerprint density at radius 1 is 1.45 bits per heavy atom. The molecule has 108 valence electrons. The summed E-state index contributed by atoms with van der Waals surface area (Å²) in [6.07, 6.45) is -0.0287. The maximum atomic E-state index is 12.4. The smallest absolute Gasteiger partial charge is 0.268 e. The molecule has 6 nitrogen and oxygen atoms in total. The van der Waals surface area contributed by atoms with Crippen LogP contribution in [0.1, 0.15) is 13.3 Å². The van der Waals surface area contributed by atoms with Gasteiger partial charge in [-0.05, 0) is 18.6 Å². The van der Waals surface area contributed by atoms with Gasteiger partial charge in [-0.25, -0.2) is 0 Å². The Morgan fingerprint density at radius 2 is 2.15 bits per heavy atom. The van der Waals surface area contributed by atoms with Crippen LogP contribution >= 0.6 is 0 Å². The van der Waals surface area contributed by atoms with Gasteiger partial charge in [-0.1, -0.05) is 6.92 Å². The number of likely N-dealkylation sites (N-methyl/N-ethyl adjacent to an activating group) is 1. The number of hydrogen-bond donors (Lipinski definition) is 1. The van der Waals surface area contributed by atoms with Gasteiger partial charge in [0.1, 0.15) is 12.3 Å². The first-order valence-corrected chi connectivity index (χ1v) is 6.51. The monoisotopic (exact) mass is 277 g/mol. The summed E-state index contributed by atoms with van der Waals surface area (Å²) in [6.45, 7) is 1.87. The fourth-order valence-corrected chi connectivity index (χ4v) is 2.04. The quantitative estimate of drug-likeness (QED) is 0.831. The summed E-state index contributed by atoms with van der Waals surface area (Å²) in [5, 5.41) is 0. The molecule has 1 aromatic carbocycles. The molecule has 1 aliphatic heterocycles. The van der Waals surface area contributed by atoms with Gasteiger partial charge in [0, 0.05) is 25.8 Å². The number of nitrogen functional groups attached to an aromatic ring is 1. The van der Waals surface area contributed by atoms with Gasteiger partial charge in [-0.2, -0.15) is 0 Å². The molecular formula is C14H19N3O3. The minimum absolute atomic E-state index is 0.00259. The van der Waals surface area contributed by atoms with Gasteiger partial charge < -0.3 is 15.4 Å². The molecule has 1 aliphatic rings. The third kappa shape index (κ3) is 2.54. The van der Waals surface area contributed by atoms with Crippen LogP contribution in [0, 0.1) is 0 Å². The molecule has 0 spiro atoms. The van der Waals surface area contributed by atoms with Crippen molar-refractivity contribution in [3.63, 3.8) is 0 Å². The van der Waals surface area contributed by atoms with Crippen LogP contribution in [0.25, 0.3) is 0 Å². The highest BCUT2D eigenvalue weighted by Gasteiger charge is 2.34. The summed E-state index contributed by atoms with van der Waals surface area (Å²) in [5.74, 6) is 0.209. The van der Waals surface area contributed by atoms with Crippen LogP contribution in [-0.4, -0.2) is 43.5 Å². The summed E-state index contributed by atoms with van der Waals surface area (Å²) >= 11 is 0. The van der Waals surface area contributed by atoms with E-state index in [-0.39, 0.29) is 18.4 Å². The van der Waals surface area contributed by atoms with Gasteiger partial charge >= 0.3 is 0 Å². The number of hydrogen-bond acceptors (Lipinski definition) is 4. The molecule has 0 radical (unpaired) electrons. The first-order valence-electron chi connectivity index (χ1n) is 6.51. The second kappa shape index (κ2) is 5.40. The topological polar surface area (TPSA) is 75.9 Å². The Labute approximate surface area is 118 Å². The van der Waals surface area contributed by atoms with Crippen LogP contribution in [0.15, 0.2) is 18.2 Å². The molecule has 0 saturated carbocycles. The fourth-order valence-electron chi connectivity index (χ4n) is 2.04. The van der Waals surface area contributed by atoms with E-state index in [2.05, 4.69) is 0 Å². The van der Waals surface area contributed by atoms with Gasteiger partial charge in [0.25, 0.3) is 5.91 Å². The van der Waals surface area contributed by atoms with E-state index in [1.807, 2.05) is 6.92 Å². The number of nitrogens with zero attached hydrogens (tertiary/aromatic N) is 2. The van der Waals surface area contributed by atoms with Gasteiger partial charge in [-0.15, -0.1) is 0 Å². The van der Waals surface area contributed by atoms with E-state index in [9.17, 15) is 9.59 Å². The van der Waals surface area contributed by atoms with Crippen molar-refractivity contribution in [2.45, 2.75) is 19.4 Å². The van der Waals surface area contributed by atoms with E-state index in [0.29, 0.717) is 23.5 Å². The summed E-state index contributed by atoms with van der Waals surface area (Å²) < 4.78 is 5.65. The van der Waals surface area contributed by atoms with Crippen molar-refractivity contribution in [2.24, 2.45) is 0 Å². The molecule has 20 heavy (non-hydrogen) atoms. The first-order chi connectivity index (χ1) is 9.43. The zero-order valence-corrected chi connectivity index (χ0v) is 11.9. The highest BCUT2D eigenvalue weighted by molar-refractivity contribution is 6.04. The van der Waals surface area contributed by atoms with Gasteiger partial charge in [0.2, 0.25) is 5.91 Å². The summed E-state index contributed by atoms with van der Waals surface area (Å²) in [5.41, 5.74) is 6.89. The molecule has 2 N–H and O–H groups in total. The summed E-state index contributed by atoms with van der Waals surface area (Å²) in [4.78, 5) is 27.2. The van der Waals surface area contributed by atoms with E-state index < -0.39 is 6.10 Å². The van der Waals surface area contributed by atoms with Crippen LogP contribution in [0.5, 0.6) is 5.75 Å². The zero-order chi connectivity index (χ0) is 14.9. The molecule has 2 amide bonds. The Bertz CT molecular complexity index is 542. The average molecular weight is 277 g/mol. The lowest BCUT2D eigenvalue weighted by Gasteiger charge is -2.34. The fraction of sp³-hybridized carbons (Fsp3) is 0.429. The van der Waals surface area contributed by atoms with E-state index in [1.54, 1.807) is 32.3 Å². The number of carbonyl (C=O) groups excluding carboxylic acids is 2. The van der Waals surface area contributed by atoms with Crippen molar-refractivity contribution >= 4 is 23.2 Å². The third-order valence-electron chi connectivity index (χ3n) is 3.25. The van der Waals surface area contributed by atoms with Gasteiger partial charge in [0.15, 0.2) is 6.10 Å². The van der Waals surface area contributed by atoms with Crippen LogP contribution in [0.4, 0.5) is 11.4 Å². The molecule has 0 saturated heterocycles. The van der Waals surface area contributed by atoms with E-state index in [1.165, 1.54) is 9.80 Å². The average Bonchev–Trinajstić information content (AvgIpc) is 2.41. The van der Waals surface area contributed by atoms with Crippen LogP contribution < -0.4 is 15.4 Å². The number of carbonyl (C=O) groups is 2. The van der Waals surface area contributed by atoms with Crippen LogP contribution in [-0.2, 0) is 9.59 Å². The predicted octanol–water partition coefficient (Wildman–Crippen LogP) is 0.861. The Kier molecular flexibility index (Phi) is 3.83. The highest BCUT2D eigenvalue weighted by atomic mass is 16.5. The molecule has 0 fully saturated rings. The van der Waals surface area contributed by atoms with E-state index in [0.717, 1.165) is 0 Å². The van der Waals surface area contributed by atoms with E-state index in [4.69, 9.17) is 10.5 Å². The van der Waals surface area contributed by atoms with E-state index >= 15 is 0 Å². The maximum absolute atomic E-state index is 12.4. The molecule has 1 heterocycles. The number of amides is 2. The van der Waals surface area contributed by atoms with Crippen LogP contribution in [0.2, 0.25) is 0 Å². The van der Waals surface area contributed by atoms with Crippen molar-refractivity contribution in [2.75, 3.05) is 31.3 Å². The number of fused-ring (bicyclic) bond motifs is 1. The van der Waals surface area contributed by atoms with Gasteiger partial charge in [-0.3, -0.25) is 14.5 Å². The molecule has 1 atom stereocenters. The first kappa shape index (κ1) is 14.2. The molecule has 0 aliphatic carbocycles. The minimum Gasteiger partial charge on any atom is -0.478 e. The molecule has 2 rings (SSSR count). The van der Waals surface area contributed by atoms with Crippen molar-refractivity contribution in [3.8, 4) is 5.75 Å². The summed E-state index contributed by atoms with van der Waals surface area (Å²) in [6, 6.07) is 5.07. The lowest BCUT2D eigenvalue weighted by molar-refractivity contribution is -0.131. The Balaban J connectivity index is 2.38. The Hall–Kier alpha value is -2.24. The molecule has 0 bridgehead atoms. The molecular weight excluding hydrogens is 258 g/mol. The second-order valence-corrected chi connectivity index (χ2v) is 4.95. The SMILES string of the molecule is CCC1Oc2cc(N)ccc2N(CC(=O)N(C)C)C1=O. The lowest BCUT2D eigenvalue weighted by Crippen LogP contribution is -2.49. The van der Waals surface area contributed by atoms with Crippen molar-refractivity contribution in [1.82, 2.24) is 4.90 Å². The maximum Gasteiger partial charge on any atom is 0.268 e. The van der Waals surface area contributed by atoms with Crippen molar-refractivity contribution < 1.29 is 14.3 Å².